The Morgan fingerprint density at radius 3 is 2.49 bits per heavy atom. The molecule has 3 aromatic carbocycles. The van der Waals surface area contributed by atoms with Crippen LogP contribution in [0.15, 0.2) is 95.9 Å². The molecule has 2 atom stereocenters. The lowest BCUT2D eigenvalue weighted by molar-refractivity contribution is 0.0570. The molecule has 4 aromatic rings. The fraction of sp³-hybridized carbons (Fsp3) is 0.257. The number of ether oxygens (including phenoxy) is 2. The molecule has 0 N–H and O–H groups in total. The number of pyridine rings is 1. The van der Waals surface area contributed by atoms with Crippen LogP contribution in [0.5, 0.6) is 11.5 Å². The summed E-state index contributed by atoms with van der Waals surface area (Å²) in [6.45, 7) is 2.39. The van der Waals surface area contributed by atoms with E-state index in [1.165, 1.54) is 12.1 Å². The molecule has 2 unspecified atom stereocenters. The second-order valence-corrected chi connectivity index (χ2v) is 10.5. The summed E-state index contributed by atoms with van der Waals surface area (Å²) in [6.07, 6.45) is 3.46. The van der Waals surface area contributed by atoms with Crippen LogP contribution in [0.2, 0.25) is 0 Å². The van der Waals surface area contributed by atoms with Crippen molar-refractivity contribution in [2.45, 2.75) is 44.9 Å². The third kappa shape index (κ3) is 5.59. The first-order chi connectivity index (χ1) is 21.1. The van der Waals surface area contributed by atoms with Crippen molar-refractivity contribution in [1.29, 1.82) is 0 Å². The van der Waals surface area contributed by atoms with Crippen molar-refractivity contribution in [2.75, 3.05) is 18.3 Å². The van der Waals surface area contributed by atoms with Gasteiger partial charge in [-0.1, -0.05) is 91.6 Å². The lowest BCUT2D eigenvalue weighted by Crippen LogP contribution is -2.58. The zero-order chi connectivity index (χ0) is 29.8. The number of carbonyl (C=O) groups is 1. The van der Waals surface area contributed by atoms with E-state index in [0.29, 0.717) is 24.8 Å². The van der Waals surface area contributed by atoms with E-state index >= 15 is 4.39 Å². The molecule has 2 aliphatic rings. The Morgan fingerprint density at radius 1 is 0.953 bits per heavy atom. The summed E-state index contributed by atoms with van der Waals surface area (Å²) in [6, 6.07) is 24.7. The molecule has 2 bridgehead atoms. The molecule has 0 aliphatic carbocycles. The van der Waals surface area contributed by atoms with E-state index in [1.807, 2.05) is 78.7 Å². The van der Waals surface area contributed by atoms with Crippen LogP contribution in [-0.2, 0) is 6.61 Å². The largest absolute Gasteiger partial charge is 0.482 e. The number of benzene rings is 3. The summed E-state index contributed by atoms with van der Waals surface area (Å²) in [5.41, 5.74) is 2.05. The standard InChI is InChI=1S/C35H32FN3O4/c1-2-27-17-10-5-11-22-42-33-28(18-12-19-29(33)36)31(26-15-8-4-9-16-26)39-24-37(27)35(41)32-34(30(40)20-21-38(32)39)43-23-25-13-6-3-7-14-25/h3-4,6-9,12-16,18-21,27,31H,2,10,17,22-24H2,1H3. The molecule has 0 saturated heterocycles. The van der Waals surface area contributed by atoms with Crippen molar-refractivity contribution in [3.05, 3.63) is 130 Å². The van der Waals surface area contributed by atoms with Gasteiger partial charge >= 0.3 is 0 Å². The van der Waals surface area contributed by atoms with Gasteiger partial charge in [0.05, 0.1) is 0 Å². The number of nitrogens with zero attached hydrogens (tertiary/aromatic N) is 3. The Morgan fingerprint density at radius 2 is 1.72 bits per heavy atom. The molecule has 218 valence electrons. The fourth-order valence-corrected chi connectivity index (χ4v) is 5.81. The maximum Gasteiger partial charge on any atom is 0.278 e. The molecular formula is C35H32FN3O4. The fourth-order valence-electron chi connectivity index (χ4n) is 5.81. The number of amides is 1. The highest BCUT2D eigenvalue weighted by molar-refractivity contribution is 5.96. The molecule has 8 heteroatoms. The van der Waals surface area contributed by atoms with Crippen molar-refractivity contribution in [2.24, 2.45) is 0 Å². The van der Waals surface area contributed by atoms with Crippen LogP contribution in [0.25, 0.3) is 0 Å². The molecule has 0 spiro atoms. The number of aromatic nitrogens is 1. The number of hydrogen-bond donors (Lipinski definition) is 0. The van der Waals surface area contributed by atoms with Gasteiger partial charge in [0.1, 0.15) is 25.9 Å². The van der Waals surface area contributed by atoms with E-state index in [1.54, 1.807) is 21.8 Å². The average Bonchev–Trinajstić information content (AvgIpc) is 3.04. The maximum absolute atomic E-state index is 15.4. The zero-order valence-corrected chi connectivity index (χ0v) is 23.9. The summed E-state index contributed by atoms with van der Waals surface area (Å²) >= 11 is 0. The average molecular weight is 578 g/mol. The predicted octanol–water partition coefficient (Wildman–Crippen LogP) is 5.66. The van der Waals surface area contributed by atoms with Gasteiger partial charge in [-0.25, -0.2) is 4.39 Å². The highest BCUT2D eigenvalue weighted by Crippen LogP contribution is 2.38. The van der Waals surface area contributed by atoms with Gasteiger partial charge in [-0.15, -0.1) is 0 Å². The van der Waals surface area contributed by atoms with Crippen LogP contribution >= 0.6 is 0 Å². The summed E-state index contributed by atoms with van der Waals surface area (Å²) in [7, 11) is 0. The van der Waals surface area contributed by atoms with Crippen LogP contribution in [0.3, 0.4) is 0 Å². The molecule has 0 fully saturated rings. The van der Waals surface area contributed by atoms with E-state index in [0.717, 1.165) is 11.1 Å². The lowest BCUT2D eigenvalue weighted by atomic mass is 9.96. The summed E-state index contributed by atoms with van der Waals surface area (Å²) in [5, 5.41) is 1.98. The van der Waals surface area contributed by atoms with Gasteiger partial charge in [0, 0.05) is 30.3 Å². The van der Waals surface area contributed by atoms with Crippen molar-refractivity contribution in [3.63, 3.8) is 0 Å². The number of rotatable bonds is 5. The van der Waals surface area contributed by atoms with Gasteiger partial charge in [0.2, 0.25) is 5.43 Å². The van der Waals surface area contributed by atoms with E-state index < -0.39 is 11.9 Å². The third-order valence-corrected chi connectivity index (χ3v) is 7.93. The zero-order valence-electron chi connectivity index (χ0n) is 23.9. The van der Waals surface area contributed by atoms with Gasteiger partial charge in [-0.05, 0) is 30.0 Å². The minimum absolute atomic E-state index is 0.0208. The molecule has 3 heterocycles. The van der Waals surface area contributed by atoms with Crippen LogP contribution in [-0.4, -0.2) is 34.8 Å². The molecule has 0 saturated carbocycles. The van der Waals surface area contributed by atoms with Gasteiger partial charge in [-0.3, -0.25) is 19.3 Å². The number of hydrogen-bond acceptors (Lipinski definition) is 5. The molecular weight excluding hydrogens is 545 g/mol. The number of para-hydroxylation sites is 1. The first-order valence-electron chi connectivity index (χ1n) is 14.5. The molecule has 43 heavy (non-hydrogen) atoms. The molecule has 0 radical (unpaired) electrons. The van der Waals surface area contributed by atoms with Crippen LogP contribution in [0.1, 0.15) is 59.4 Å². The van der Waals surface area contributed by atoms with Crippen molar-refractivity contribution < 1.29 is 18.7 Å². The maximum atomic E-state index is 15.4. The van der Waals surface area contributed by atoms with Crippen LogP contribution in [0.4, 0.5) is 4.39 Å². The summed E-state index contributed by atoms with van der Waals surface area (Å²) in [4.78, 5) is 29.5. The van der Waals surface area contributed by atoms with Crippen molar-refractivity contribution >= 4 is 5.91 Å². The lowest BCUT2D eigenvalue weighted by Gasteiger charge is -2.46. The topological polar surface area (TPSA) is 64.0 Å². The van der Waals surface area contributed by atoms with Crippen molar-refractivity contribution in [3.8, 4) is 23.3 Å². The SMILES string of the molecule is CCC1CCC#CCOc2c(F)cccc2C(c2ccccc2)N2CN1C(=O)c1c(OCc3ccccc3)c(=O)ccn12. The second kappa shape index (κ2) is 12.5. The predicted molar refractivity (Wildman–Crippen MR) is 162 cm³/mol. The third-order valence-electron chi connectivity index (χ3n) is 7.93. The highest BCUT2D eigenvalue weighted by Gasteiger charge is 2.40. The minimum Gasteiger partial charge on any atom is -0.482 e. The molecule has 7 nitrogen and oxygen atoms in total. The van der Waals surface area contributed by atoms with E-state index in [9.17, 15) is 9.59 Å². The van der Waals surface area contributed by atoms with E-state index in [-0.39, 0.29) is 54.5 Å². The highest BCUT2D eigenvalue weighted by atomic mass is 19.1. The van der Waals surface area contributed by atoms with Gasteiger partial charge in [0.25, 0.3) is 5.91 Å². The van der Waals surface area contributed by atoms with Crippen molar-refractivity contribution in [1.82, 2.24) is 9.58 Å². The van der Waals surface area contributed by atoms with E-state index in [4.69, 9.17) is 9.47 Å². The first kappa shape index (κ1) is 28.1. The Balaban J connectivity index is 1.58. The van der Waals surface area contributed by atoms with E-state index in [2.05, 4.69) is 11.8 Å². The Hall–Kier alpha value is -5.03. The second-order valence-electron chi connectivity index (χ2n) is 10.5. The number of carbonyl (C=O) groups excluding carboxylic acids is 1. The monoisotopic (exact) mass is 577 g/mol. The quantitative estimate of drug-likeness (QED) is 0.287. The van der Waals surface area contributed by atoms with Gasteiger partial charge in [0.15, 0.2) is 23.0 Å². The first-order valence-corrected chi connectivity index (χ1v) is 14.5. The summed E-state index contributed by atoms with van der Waals surface area (Å²) < 4.78 is 29.2. The Labute approximate surface area is 250 Å². The molecule has 1 amide bonds. The smallest absolute Gasteiger partial charge is 0.278 e. The minimum atomic E-state index is -0.586. The molecule has 2 aliphatic heterocycles. The number of halogens is 1. The van der Waals surface area contributed by atoms with Crippen LogP contribution < -0.4 is 19.9 Å². The van der Waals surface area contributed by atoms with Crippen LogP contribution in [0, 0.1) is 17.7 Å². The Kier molecular flexibility index (Phi) is 8.14. The summed E-state index contributed by atoms with van der Waals surface area (Å²) in [5.74, 6) is 5.41. The number of fused-ring (bicyclic) bond motifs is 5. The molecule has 6 rings (SSSR count). The Bertz CT molecular complexity index is 1730. The normalized spacial score (nSPS) is 18.0. The van der Waals surface area contributed by atoms with Gasteiger partial charge in [-0.2, -0.15) is 0 Å². The van der Waals surface area contributed by atoms with Gasteiger partial charge < -0.3 is 14.4 Å². The molecule has 1 aromatic heterocycles.